The molecule has 0 saturated heterocycles. The van der Waals surface area contributed by atoms with Crippen molar-refractivity contribution < 1.29 is 0 Å². The third-order valence-corrected chi connectivity index (χ3v) is 5.20. The summed E-state index contributed by atoms with van der Waals surface area (Å²) in [5.41, 5.74) is 7.82. The number of likely N-dealkylation sites (N-methyl/N-ethyl adjacent to an activating group) is 1. The van der Waals surface area contributed by atoms with Crippen molar-refractivity contribution in [1.29, 1.82) is 10.5 Å². The monoisotopic (exact) mass is 364 g/mol. The average Bonchev–Trinajstić information content (AvgIpc) is 2.73. The Bertz CT molecular complexity index is 1100. The molecule has 0 fully saturated rings. The van der Waals surface area contributed by atoms with Crippen molar-refractivity contribution in [3.8, 4) is 23.3 Å². The van der Waals surface area contributed by atoms with Crippen LogP contribution in [-0.4, -0.2) is 18.5 Å². The number of hydrogen-bond acceptors (Lipinski definition) is 4. The van der Waals surface area contributed by atoms with Crippen molar-refractivity contribution in [2.45, 2.75) is 13.0 Å². The van der Waals surface area contributed by atoms with E-state index in [-0.39, 0.29) is 0 Å². The Morgan fingerprint density at radius 1 is 0.964 bits per heavy atom. The number of nitrogens with one attached hydrogen (secondary N) is 1. The predicted octanol–water partition coefficient (Wildman–Crippen LogP) is 4.83. The fourth-order valence-electron chi connectivity index (χ4n) is 3.71. The number of nitriles is 2. The molecule has 4 nitrogen and oxygen atoms in total. The first-order chi connectivity index (χ1) is 13.7. The van der Waals surface area contributed by atoms with Crippen LogP contribution in [0.2, 0.25) is 0 Å². The van der Waals surface area contributed by atoms with Gasteiger partial charge in [-0.05, 0) is 66.6 Å². The van der Waals surface area contributed by atoms with E-state index in [2.05, 4.69) is 47.6 Å². The van der Waals surface area contributed by atoms with Crippen LogP contribution in [0.5, 0.6) is 0 Å². The molecule has 1 aliphatic rings. The number of rotatable bonds is 3. The molecule has 0 atom stereocenters. The number of fused-ring (bicyclic) bond motifs is 1. The molecule has 136 valence electrons. The van der Waals surface area contributed by atoms with Crippen LogP contribution in [0.1, 0.15) is 22.3 Å². The molecule has 3 aromatic rings. The Kier molecular flexibility index (Phi) is 4.81. The highest BCUT2D eigenvalue weighted by molar-refractivity contribution is 5.77. The van der Waals surface area contributed by atoms with Crippen molar-refractivity contribution in [1.82, 2.24) is 4.90 Å². The van der Waals surface area contributed by atoms with E-state index in [1.54, 1.807) is 12.1 Å². The third-order valence-electron chi connectivity index (χ3n) is 5.20. The van der Waals surface area contributed by atoms with Gasteiger partial charge in [-0.2, -0.15) is 10.5 Å². The molecule has 0 spiro atoms. The zero-order valence-electron chi connectivity index (χ0n) is 15.7. The van der Waals surface area contributed by atoms with Crippen molar-refractivity contribution in [2.24, 2.45) is 0 Å². The summed E-state index contributed by atoms with van der Waals surface area (Å²) >= 11 is 0. The van der Waals surface area contributed by atoms with Gasteiger partial charge in [0.05, 0.1) is 23.3 Å². The van der Waals surface area contributed by atoms with Crippen LogP contribution in [0, 0.1) is 22.7 Å². The smallest absolute Gasteiger partial charge is 0.0998 e. The van der Waals surface area contributed by atoms with E-state index in [4.69, 9.17) is 5.26 Å². The Labute approximate surface area is 165 Å². The molecule has 0 amide bonds. The molecule has 1 aliphatic heterocycles. The van der Waals surface area contributed by atoms with E-state index in [1.807, 2.05) is 30.3 Å². The summed E-state index contributed by atoms with van der Waals surface area (Å²) in [5.74, 6) is 0. The van der Waals surface area contributed by atoms with Crippen LogP contribution >= 0.6 is 0 Å². The van der Waals surface area contributed by atoms with Gasteiger partial charge in [-0.1, -0.05) is 24.3 Å². The first-order valence-electron chi connectivity index (χ1n) is 9.29. The van der Waals surface area contributed by atoms with Gasteiger partial charge in [-0.3, -0.25) is 0 Å². The zero-order chi connectivity index (χ0) is 19.5. The molecular formula is C24H20N4. The van der Waals surface area contributed by atoms with Crippen molar-refractivity contribution in [3.05, 3.63) is 82.9 Å². The summed E-state index contributed by atoms with van der Waals surface area (Å²) < 4.78 is 0. The van der Waals surface area contributed by atoms with E-state index in [0.29, 0.717) is 11.1 Å². The van der Waals surface area contributed by atoms with Gasteiger partial charge in [0.15, 0.2) is 0 Å². The van der Waals surface area contributed by atoms with Crippen molar-refractivity contribution >= 4 is 11.4 Å². The summed E-state index contributed by atoms with van der Waals surface area (Å²) in [4.78, 5) is 2.33. The van der Waals surface area contributed by atoms with Gasteiger partial charge < -0.3 is 10.2 Å². The minimum Gasteiger partial charge on any atom is -0.355 e. The first-order valence-corrected chi connectivity index (χ1v) is 9.29. The minimum absolute atomic E-state index is 0.609. The lowest BCUT2D eigenvalue weighted by atomic mass is 9.97. The predicted molar refractivity (Wildman–Crippen MR) is 111 cm³/mol. The molecule has 0 unspecified atom stereocenters. The van der Waals surface area contributed by atoms with E-state index >= 15 is 0 Å². The maximum Gasteiger partial charge on any atom is 0.0998 e. The number of hydrogen-bond donors (Lipinski definition) is 1. The lowest BCUT2D eigenvalue weighted by Gasteiger charge is -2.27. The maximum absolute atomic E-state index is 9.52. The zero-order valence-corrected chi connectivity index (χ0v) is 15.7. The van der Waals surface area contributed by atoms with Gasteiger partial charge in [-0.15, -0.1) is 0 Å². The van der Waals surface area contributed by atoms with E-state index in [9.17, 15) is 5.26 Å². The minimum atomic E-state index is 0.609. The molecule has 4 rings (SSSR count). The molecule has 4 heteroatoms. The molecule has 0 aliphatic carbocycles. The normalized spacial score (nSPS) is 13.2. The Balaban J connectivity index is 1.70. The molecule has 1 N–H and O–H groups in total. The second-order valence-corrected chi connectivity index (χ2v) is 7.12. The molecule has 0 saturated carbocycles. The Hall–Kier alpha value is -3.60. The van der Waals surface area contributed by atoms with Crippen LogP contribution < -0.4 is 5.32 Å². The molecule has 0 bridgehead atoms. The summed E-state index contributed by atoms with van der Waals surface area (Å²) in [6, 6.07) is 23.9. The maximum atomic E-state index is 9.52. The highest BCUT2D eigenvalue weighted by Crippen LogP contribution is 2.31. The number of benzene rings is 3. The molecule has 3 aromatic carbocycles. The van der Waals surface area contributed by atoms with Crippen LogP contribution in [0.3, 0.4) is 0 Å². The summed E-state index contributed by atoms with van der Waals surface area (Å²) in [6.07, 6.45) is 1.02. The second-order valence-electron chi connectivity index (χ2n) is 7.12. The highest BCUT2D eigenvalue weighted by Gasteiger charge is 2.16. The van der Waals surface area contributed by atoms with Crippen molar-refractivity contribution in [2.75, 3.05) is 18.9 Å². The van der Waals surface area contributed by atoms with Gasteiger partial charge >= 0.3 is 0 Å². The summed E-state index contributed by atoms with van der Waals surface area (Å²) in [7, 11) is 2.15. The quantitative estimate of drug-likeness (QED) is 0.723. The van der Waals surface area contributed by atoms with Gasteiger partial charge in [0, 0.05) is 30.0 Å². The Morgan fingerprint density at radius 2 is 1.79 bits per heavy atom. The molecule has 0 aromatic heterocycles. The third kappa shape index (κ3) is 3.47. The largest absolute Gasteiger partial charge is 0.355 e. The number of nitrogens with zero attached hydrogens (tertiary/aromatic N) is 3. The summed E-state index contributed by atoms with van der Waals surface area (Å²) in [5, 5.41) is 22.1. The lowest BCUT2D eigenvalue weighted by molar-refractivity contribution is 0.313. The topological polar surface area (TPSA) is 62.9 Å². The SMILES string of the molecule is CN1CCc2c(cccc2Nc2ccc(C#N)c(-c3ccc(C#N)cc3)c2)C1. The van der Waals surface area contributed by atoms with Crippen LogP contribution in [0.4, 0.5) is 11.4 Å². The van der Waals surface area contributed by atoms with E-state index in [0.717, 1.165) is 42.0 Å². The summed E-state index contributed by atoms with van der Waals surface area (Å²) in [6.45, 7) is 2.02. The Morgan fingerprint density at radius 3 is 2.54 bits per heavy atom. The van der Waals surface area contributed by atoms with Gasteiger partial charge in [0.2, 0.25) is 0 Å². The van der Waals surface area contributed by atoms with Crippen molar-refractivity contribution in [3.63, 3.8) is 0 Å². The van der Waals surface area contributed by atoms with Crippen LogP contribution in [0.15, 0.2) is 60.7 Å². The number of anilines is 2. The van der Waals surface area contributed by atoms with Gasteiger partial charge in [0.25, 0.3) is 0 Å². The molecular weight excluding hydrogens is 344 g/mol. The van der Waals surface area contributed by atoms with E-state index < -0.39 is 0 Å². The molecule has 28 heavy (non-hydrogen) atoms. The van der Waals surface area contributed by atoms with Gasteiger partial charge in [0.1, 0.15) is 0 Å². The van der Waals surface area contributed by atoms with E-state index in [1.165, 1.54) is 11.1 Å². The average molecular weight is 364 g/mol. The van der Waals surface area contributed by atoms with Gasteiger partial charge in [-0.25, -0.2) is 0 Å². The lowest BCUT2D eigenvalue weighted by Crippen LogP contribution is -2.26. The fraction of sp³-hybridized carbons (Fsp3) is 0.167. The standard InChI is InChI=1S/C24H20N4/c1-28-12-11-22-20(16-28)3-2-4-24(22)27-21-10-9-19(15-26)23(13-21)18-7-5-17(14-25)6-8-18/h2-10,13,27H,11-12,16H2,1H3. The van der Waals surface area contributed by atoms with Crippen LogP contribution in [-0.2, 0) is 13.0 Å². The molecule has 1 heterocycles. The fourth-order valence-corrected chi connectivity index (χ4v) is 3.71. The second kappa shape index (κ2) is 7.56. The van der Waals surface area contributed by atoms with Crippen LogP contribution in [0.25, 0.3) is 11.1 Å². The highest BCUT2D eigenvalue weighted by atomic mass is 15.1. The molecule has 0 radical (unpaired) electrons. The first kappa shape index (κ1) is 17.8.